The number of halogens is 1. The van der Waals surface area contributed by atoms with E-state index < -0.39 is 0 Å². The fourth-order valence-electron chi connectivity index (χ4n) is 2.41. The number of ketones is 1. The Morgan fingerprint density at radius 3 is 2.76 bits per heavy atom. The summed E-state index contributed by atoms with van der Waals surface area (Å²) in [5, 5.41) is 0. The molecule has 1 aliphatic heterocycles. The minimum absolute atomic E-state index is 0.115. The van der Waals surface area contributed by atoms with Gasteiger partial charge in [0.15, 0.2) is 5.78 Å². The Morgan fingerprint density at radius 1 is 1.41 bits per heavy atom. The van der Waals surface area contributed by atoms with E-state index in [-0.39, 0.29) is 5.78 Å². The first-order valence-corrected chi connectivity index (χ1v) is 6.96. The van der Waals surface area contributed by atoms with E-state index in [2.05, 4.69) is 33.8 Å². The van der Waals surface area contributed by atoms with Crippen LogP contribution in [0.1, 0.15) is 43.5 Å². The lowest BCUT2D eigenvalue weighted by molar-refractivity contribution is 0.101. The van der Waals surface area contributed by atoms with E-state index in [1.54, 1.807) is 6.92 Å². The van der Waals surface area contributed by atoms with Gasteiger partial charge in [0.25, 0.3) is 0 Å². The van der Waals surface area contributed by atoms with Crippen LogP contribution in [0.4, 0.5) is 5.69 Å². The van der Waals surface area contributed by atoms with Crippen LogP contribution in [0.5, 0.6) is 0 Å². The summed E-state index contributed by atoms with van der Waals surface area (Å²) in [6, 6.07) is 6.49. The molecule has 0 radical (unpaired) electrons. The first-order valence-electron chi connectivity index (χ1n) is 6.16. The first kappa shape index (κ1) is 12.6. The number of Topliss-reactive ketones (excluding diaryl/α,β-unsaturated/α-hetero) is 1. The van der Waals surface area contributed by atoms with Gasteiger partial charge in [0.05, 0.1) is 5.69 Å². The Bertz CT molecular complexity index is 430. The largest absolute Gasteiger partial charge is 0.368 e. The molecule has 17 heavy (non-hydrogen) atoms. The Morgan fingerprint density at radius 2 is 2.18 bits per heavy atom. The van der Waals surface area contributed by atoms with E-state index in [0.29, 0.717) is 6.04 Å². The van der Waals surface area contributed by atoms with Gasteiger partial charge in [-0.3, -0.25) is 4.79 Å². The van der Waals surface area contributed by atoms with Gasteiger partial charge in [0.2, 0.25) is 0 Å². The molecule has 2 nitrogen and oxygen atoms in total. The van der Waals surface area contributed by atoms with Crippen molar-refractivity contribution in [3.8, 4) is 0 Å². The summed E-state index contributed by atoms with van der Waals surface area (Å²) in [7, 11) is 0. The van der Waals surface area contributed by atoms with Crippen LogP contribution in [0.3, 0.4) is 0 Å². The van der Waals surface area contributed by atoms with Gasteiger partial charge in [-0.15, -0.1) is 0 Å². The van der Waals surface area contributed by atoms with Crippen LogP contribution in [0, 0.1) is 0 Å². The lowest BCUT2D eigenvalue weighted by Gasteiger charge is -2.36. The van der Waals surface area contributed by atoms with Crippen molar-refractivity contribution >= 4 is 27.4 Å². The summed E-state index contributed by atoms with van der Waals surface area (Å²) >= 11 is 3.58. The summed E-state index contributed by atoms with van der Waals surface area (Å²) in [6.07, 6.45) is 3.83. The number of carbonyl (C=O) groups is 1. The molecule has 2 rings (SSSR count). The minimum atomic E-state index is 0.115. The van der Waals surface area contributed by atoms with Crippen LogP contribution in [0.2, 0.25) is 0 Å². The molecule has 0 aromatic heterocycles. The number of nitrogens with zero attached hydrogens (tertiary/aromatic N) is 1. The number of carbonyl (C=O) groups excluding carboxylic acids is 1. The zero-order chi connectivity index (χ0) is 12.4. The molecule has 0 amide bonds. The van der Waals surface area contributed by atoms with Gasteiger partial charge < -0.3 is 4.90 Å². The lowest BCUT2D eigenvalue weighted by atomic mass is 10.0. The third-order valence-electron chi connectivity index (χ3n) is 3.47. The van der Waals surface area contributed by atoms with Crippen molar-refractivity contribution in [3.05, 3.63) is 28.2 Å². The summed E-state index contributed by atoms with van der Waals surface area (Å²) in [6.45, 7) is 4.98. The molecular formula is C14H18BrNO. The van der Waals surface area contributed by atoms with E-state index in [0.717, 1.165) is 16.6 Å². The Kier molecular flexibility index (Phi) is 3.87. The standard InChI is InChI=1S/C14H18BrNO/c1-10-5-3-4-8-16(10)14-7-6-12(11(2)17)9-13(14)15/h6-7,9-10H,3-5,8H2,1-2H3. The molecule has 1 saturated heterocycles. The van der Waals surface area contributed by atoms with Crippen molar-refractivity contribution in [1.82, 2.24) is 0 Å². The van der Waals surface area contributed by atoms with Crippen LogP contribution >= 0.6 is 15.9 Å². The Hall–Kier alpha value is -0.830. The molecule has 0 bridgehead atoms. The van der Waals surface area contributed by atoms with Crippen LogP contribution in [-0.4, -0.2) is 18.4 Å². The van der Waals surface area contributed by atoms with Crippen molar-refractivity contribution in [2.75, 3.05) is 11.4 Å². The highest BCUT2D eigenvalue weighted by molar-refractivity contribution is 9.10. The number of benzene rings is 1. The molecule has 0 saturated carbocycles. The molecule has 92 valence electrons. The molecule has 1 aliphatic rings. The van der Waals surface area contributed by atoms with Gasteiger partial charge in [-0.2, -0.15) is 0 Å². The van der Waals surface area contributed by atoms with E-state index in [1.807, 2.05) is 12.1 Å². The predicted octanol–water partition coefficient (Wildman–Crippen LogP) is 4.03. The molecule has 1 aromatic carbocycles. The first-order chi connectivity index (χ1) is 8.09. The number of piperidine rings is 1. The van der Waals surface area contributed by atoms with E-state index >= 15 is 0 Å². The van der Waals surface area contributed by atoms with Crippen LogP contribution < -0.4 is 4.90 Å². The minimum Gasteiger partial charge on any atom is -0.368 e. The third kappa shape index (κ3) is 2.71. The molecule has 0 N–H and O–H groups in total. The smallest absolute Gasteiger partial charge is 0.159 e. The van der Waals surface area contributed by atoms with Gasteiger partial charge in [-0.1, -0.05) is 0 Å². The van der Waals surface area contributed by atoms with E-state index in [9.17, 15) is 4.79 Å². The van der Waals surface area contributed by atoms with E-state index in [4.69, 9.17) is 0 Å². The monoisotopic (exact) mass is 295 g/mol. The highest BCUT2D eigenvalue weighted by Crippen LogP contribution is 2.32. The van der Waals surface area contributed by atoms with Crippen LogP contribution in [0.15, 0.2) is 22.7 Å². The summed E-state index contributed by atoms with van der Waals surface area (Å²) < 4.78 is 1.03. The second-order valence-corrected chi connectivity index (χ2v) is 5.61. The highest BCUT2D eigenvalue weighted by Gasteiger charge is 2.20. The predicted molar refractivity (Wildman–Crippen MR) is 74.8 cm³/mol. The number of hydrogen-bond donors (Lipinski definition) is 0. The van der Waals surface area contributed by atoms with Gasteiger partial charge in [-0.25, -0.2) is 0 Å². The van der Waals surface area contributed by atoms with Crippen LogP contribution in [-0.2, 0) is 0 Å². The van der Waals surface area contributed by atoms with Crippen molar-refractivity contribution < 1.29 is 4.79 Å². The van der Waals surface area contributed by atoms with E-state index in [1.165, 1.54) is 24.9 Å². The summed E-state index contributed by atoms with van der Waals surface area (Å²) in [5.41, 5.74) is 1.98. The fraction of sp³-hybridized carbons (Fsp3) is 0.500. The lowest BCUT2D eigenvalue weighted by Crippen LogP contribution is -2.37. The van der Waals surface area contributed by atoms with Gasteiger partial charge in [-0.05, 0) is 67.2 Å². The SMILES string of the molecule is CC(=O)c1ccc(N2CCCCC2C)c(Br)c1. The number of rotatable bonds is 2. The maximum atomic E-state index is 11.3. The Balaban J connectivity index is 2.29. The quantitative estimate of drug-likeness (QED) is 0.768. The molecule has 1 aromatic rings. The van der Waals surface area contributed by atoms with Gasteiger partial charge in [0.1, 0.15) is 0 Å². The molecular weight excluding hydrogens is 278 g/mol. The van der Waals surface area contributed by atoms with Crippen molar-refractivity contribution in [1.29, 1.82) is 0 Å². The van der Waals surface area contributed by atoms with Crippen molar-refractivity contribution in [3.63, 3.8) is 0 Å². The topological polar surface area (TPSA) is 20.3 Å². The molecule has 1 atom stereocenters. The zero-order valence-electron chi connectivity index (χ0n) is 10.4. The number of hydrogen-bond acceptors (Lipinski definition) is 2. The average molecular weight is 296 g/mol. The van der Waals surface area contributed by atoms with Gasteiger partial charge >= 0.3 is 0 Å². The highest BCUT2D eigenvalue weighted by atomic mass is 79.9. The van der Waals surface area contributed by atoms with Crippen molar-refractivity contribution in [2.45, 2.75) is 39.2 Å². The molecule has 3 heteroatoms. The summed E-state index contributed by atoms with van der Waals surface area (Å²) in [5.74, 6) is 0.115. The number of anilines is 1. The fourth-order valence-corrected chi connectivity index (χ4v) is 3.02. The van der Waals surface area contributed by atoms with Gasteiger partial charge in [0, 0.05) is 22.6 Å². The summed E-state index contributed by atoms with van der Waals surface area (Å²) in [4.78, 5) is 13.7. The molecule has 0 spiro atoms. The van der Waals surface area contributed by atoms with Crippen LogP contribution in [0.25, 0.3) is 0 Å². The third-order valence-corrected chi connectivity index (χ3v) is 4.10. The molecule has 1 heterocycles. The van der Waals surface area contributed by atoms with Crippen molar-refractivity contribution in [2.24, 2.45) is 0 Å². The average Bonchev–Trinajstić information content (AvgIpc) is 2.30. The second-order valence-electron chi connectivity index (χ2n) is 4.76. The maximum Gasteiger partial charge on any atom is 0.159 e. The second kappa shape index (κ2) is 5.21. The molecule has 1 fully saturated rings. The Labute approximate surface area is 111 Å². The molecule has 0 aliphatic carbocycles. The zero-order valence-corrected chi connectivity index (χ0v) is 12.0. The normalized spacial score (nSPS) is 20.4. The molecule has 1 unspecified atom stereocenters. The maximum absolute atomic E-state index is 11.3.